The van der Waals surface area contributed by atoms with Gasteiger partial charge in [-0.05, 0) is 12.3 Å². The number of non-ortho nitro benzene ring substituents is 1. The van der Waals surface area contributed by atoms with E-state index in [0.29, 0.717) is 5.16 Å². The van der Waals surface area contributed by atoms with Crippen LogP contribution < -0.4 is 5.73 Å². The smallest absolute Gasteiger partial charge is 0.273 e. The van der Waals surface area contributed by atoms with E-state index in [0.717, 1.165) is 12.1 Å². The van der Waals surface area contributed by atoms with Crippen molar-refractivity contribution >= 4 is 29.2 Å². The summed E-state index contributed by atoms with van der Waals surface area (Å²) >= 11 is 1.28. The number of nitro benzene ring substituents is 1. The number of benzene rings is 1. The Bertz CT molecular complexity index is 898. The number of nitrogens with two attached hydrogens (primary N) is 1. The molecular weight excluding hydrogens is 313 g/mol. The van der Waals surface area contributed by atoms with Crippen LogP contribution in [0.25, 0.3) is 17.2 Å². The Morgan fingerprint density at radius 3 is 2.77 bits per heavy atom. The maximum Gasteiger partial charge on any atom is 0.273 e. The van der Waals surface area contributed by atoms with Gasteiger partial charge in [0.1, 0.15) is 5.82 Å². The number of nitro groups is 1. The maximum absolute atomic E-state index is 13.5. The summed E-state index contributed by atoms with van der Waals surface area (Å²) in [5, 5.41) is 15.3. The molecule has 0 spiro atoms. The number of thioether (sulfide) groups is 1. The van der Waals surface area contributed by atoms with Gasteiger partial charge in [0.05, 0.1) is 11.0 Å². The predicted molar refractivity (Wildman–Crippen MR) is 76.8 cm³/mol. The molecule has 112 valence electrons. The molecule has 1 aromatic carbocycles. The Labute approximate surface area is 126 Å². The van der Waals surface area contributed by atoms with Gasteiger partial charge < -0.3 is 5.73 Å². The lowest BCUT2D eigenvalue weighted by Crippen LogP contribution is -2.04. The van der Waals surface area contributed by atoms with Gasteiger partial charge in [0, 0.05) is 11.6 Å². The van der Waals surface area contributed by atoms with E-state index in [1.807, 2.05) is 0 Å². The van der Waals surface area contributed by atoms with Crippen molar-refractivity contribution in [1.29, 1.82) is 0 Å². The predicted octanol–water partition coefficient (Wildman–Crippen LogP) is 1.54. The molecule has 0 amide bonds. The van der Waals surface area contributed by atoms with Crippen molar-refractivity contribution in [1.82, 2.24) is 24.6 Å². The van der Waals surface area contributed by atoms with Crippen LogP contribution in [0.1, 0.15) is 0 Å². The summed E-state index contributed by atoms with van der Waals surface area (Å²) in [6, 6.07) is 3.09. The standard InChI is InChI=1S/C11H8FN7O2S/c1-22-11-15-9(13)18-10(16-11)14-8(17-18)5-2-6(12)4-7(3-5)19(20)21/h2-4H,1H3,(H2,13,14,15,16,17). The fourth-order valence-corrected chi connectivity index (χ4v) is 2.17. The van der Waals surface area contributed by atoms with E-state index in [2.05, 4.69) is 20.1 Å². The lowest BCUT2D eigenvalue weighted by molar-refractivity contribution is -0.385. The van der Waals surface area contributed by atoms with Crippen LogP contribution in [-0.4, -0.2) is 35.7 Å². The first kappa shape index (κ1) is 14.1. The van der Waals surface area contributed by atoms with Gasteiger partial charge in [0.15, 0.2) is 11.0 Å². The van der Waals surface area contributed by atoms with Crippen LogP contribution in [0, 0.1) is 15.9 Å². The van der Waals surface area contributed by atoms with E-state index < -0.39 is 16.4 Å². The van der Waals surface area contributed by atoms with Crippen LogP contribution in [0.5, 0.6) is 0 Å². The number of anilines is 1. The highest BCUT2D eigenvalue weighted by Crippen LogP contribution is 2.24. The van der Waals surface area contributed by atoms with Crippen molar-refractivity contribution in [2.24, 2.45) is 0 Å². The summed E-state index contributed by atoms with van der Waals surface area (Å²) in [5.74, 6) is -0.438. The number of nitrogens with zero attached hydrogens (tertiary/aromatic N) is 6. The number of hydrogen-bond acceptors (Lipinski definition) is 8. The fraction of sp³-hybridized carbons (Fsp3) is 0.0909. The summed E-state index contributed by atoms with van der Waals surface area (Å²) in [6.07, 6.45) is 1.78. The molecule has 3 rings (SSSR count). The van der Waals surface area contributed by atoms with E-state index in [1.165, 1.54) is 22.3 Å². The minimum atomic E-state index is -0.757. The van der Waals surface area contributed by atoms with Crippen molar-refractivity contribution in [3.63, 3.8) is 0 Å². The number of halogens is 1. The average molecular weight is 321 g/mol. The number of rotatable bonds is 3. The van der Waals surface area contributed by atoms with Crippen LogP contribution in [0.2, 0.25) is 0 Å². The Morgan fingerprint density at radius 2 is 2.09 bits per heavy atom. The van der Waals surface area contributed by atoms with Gasteiger partial charge in [-0.15, -0.1) is 5.10 Å². The second kappa shape index (κ2) is 5.18. The third-order valence-corrected chi connectivity index (χ3v) is 3.29. The van der Waals surface area contributed by atoms with Crippen molar-refractivity contribution < 1.29 is 9.31 Å². The zero-order valence-electron chi connectivity index (χ0n) is 11.1. The molecule has 0 aliphatic rings. The third kappa shape index (κ3) is 2.41. The molecule has 2 aromatic heterocycles. The van der Waals surface area contributed by atoms with Crippen LogP contribution in [-0.2, 0) is 0 Å². The molecule has 2 heterocycles. The van der Waals surface area contributed by atoms with Crippen molar-refractivity contribution in [3.8, 4) is 11.4 Å². The number of nitrogen functional groups attached to an aromatic ring is 1. The number of aromatic nitrogens is 5. The quantitative estimate of drug-likeness (QED) is 0.437. The normalized spacial score (nSPS) is 11.0. The minimum absolute atomic E-state index is 0.0685. The molecule has 9 nitrogen and oxygen atoms in total. The first-order valence-electron chi connectivity index (χ1n) is 5.87. The van der Waals surface area contributed by atoms with Crippen LogP contribution >= 0.6 is 11.8 Å². The van der Waals surface area contributed by atoms with Crippen LogP contribution in [0.4, 0.5) is 16.0 Å². The topological polar surface area (TPSA) is 125 Å². The van der Waals surface area contributed by atoms with Gasteiger partial charge in [0.2, 0.25) is 5.95 Å². The summed E-state index contributed by atoms with van der Waals surface area (Å²) in [5.41, 5.74) is 5.51. The Morgan fingerprint density at radius 1 is 1.32 bits per heavy atom. The largest absolute Gasteiger partial charge is 0.368 e. The van der Waals surface area contributed by atoms with Gasteiger partial charge in [-0.1, -0.05) is 11.8 Å². The molecule has 0 unspecified atom stereocenters. The van der Waals surface area contributed by atoms with Crippen molar-refractivity contribution in [3.05, 3.63) is 34.1 Å². The lowest BCUT2D eigenvalue weighted by atomic mass is 10.2. The second-order valence-electron chi connectivity index (χ2n) is 4.17. The molecule has 22 heavy (non-hydrogen) atoms. The molecule has 0 bridgehead atoms. The van der Waals surface area contributed by atoms with Crippen molar-refractivity contribution in [2.45, 2.75) is 5.16 Å². The molecule has 2 N–H and O–H groups in total. The summed E-state index contributed by atoms with van der Waals surface area (Å²) < 4.78 is 14.7. The van der Waals surface area contributed by atoms with E-state index in [9.17, 15) is 14.5 Å². The van der Waals surface area contributed by atoms with E-state index in [4.69, 9.17) is 5.73 Å². The minimum Gasteiger partial charge on any atom is -0.368 e. The zero-order valence-corrected chi connectivity index (χ0v) is 11.9. The molecule has 0 fully saturated rings. The molecule has 3 aromatic rings. The SMILES string of the molecule is CSc1nc(N)n2nc(-c3cc(F)cc([N+](=O)[O-])c3)nc2n1. The van der Waals surface area contributed by atoms with Gasteiger partial charge in [0.25, 0.3) is 11.5 Å². The second-order valence-corrected chi connectivity index (χ2v) is 4.94. The van der Waals surface area contributed by atoms with Crippen LogP contribution in [0.3, 0.4) is 0 Å². The van der Waals surface area contributed by atoms with E-state index in [-0.39, 0.29) is 23.1 Å². The summed E-state index contributed by atoms with van der Waals surface area (Å²) in [4.78, 5) is 22.3. The van der Waals surface area contributed by atoms with E-state index >= 15 is 0 Å². The molecule has 0 saturated heterocycles. The monoisotopic (exact) mass is 321 g/mol. The maximum atomic E-state index is 13.5. The molecule has 0 atom stereocenters. The first-order valence-corrected chi connectivity index (χ1v) is 7.10. The van der Waals surface area contributed by atoms with Crippen LogP contribution in [0.15, 0.2) is 23.4 Å². The highest BCUT2D eigenvalue weighted by atomic mass is 32.2. The zero-order chi connectivity index (χ0) is 15.9. The lowest BCUT2D eigenvalue weighted by Gasteiger charge is -1.98. The number of fused-ring (bicyclic) bond motifs is 1. The molecular formula is C11H8FN7O2S. The molecule has 0 radical (unpaired) electrons. The first-order chi connectivity index (χ1) is 10.5. The van der Waals surface area contributed by atoms with Gasteiger partial charge >= 0.3 is 0 Å². The summed E-state index contributed by atoms with van der Waals surface area (Å²) in [7, 11) is 0. The Kier molecular flexibility index (Phi) is 3.33. The Hall–Kier alpha value is -2.82. The molecule has 0 aliphatic carbocycles. The summed E-state index contributed by atoms with van der Waals surface area (Å²) in [6.45, 7) is 0. The van der Waals surface area contributed by atoms with E-state index in [1.54, 1.807) is 6.26 Å². The molecule has 0 aliphatic heterocycles. The number of hydrogen-bond donors (Lipinski definition) is 1. The van der Waals surface area contributed by atoms with Gasteiger partial charge in [-0.25, -0.2) is 4.39 Å². The fourth-order valence-electron chi connectivity index (χ4n) is 1.81. The third-order valence-electron chi connectivity index (χ3n) is 2.75. The Balaban J connectivity index is 2.18. The highest BCUT2D eigenvalue weighted by Gasteiger charge is 2.16. The van der Waals surface area contributed by atoms with Crippen molar-refractivity contribution in [2.75, 3.05) is 12.0 Å². The molecule has 0 saturated carbocycles. The highest BCUT2D eigenvalue weighted by molar-refractivity contribution is 7.98. The van der Waals surface area contributed by atoms with Gasteiger partial charge in [-0.3, -0.25) is 10.1 Å². The van der Waals surface area contributed by atoms with Gasteiger partial charge in [-0.2, -0.15) is 19.5 Å². The average Bonchev–Trinajstić information content (AvgIpc) is 2.91. The molecule has 11 heteroatoms.